The molecule has 102 valence electrons. The first-order valence-corrected chi connectivity index (χ1v) is 5.90. The third-order valence-corrected chi connectivity index (χ3v) is 2.94. The summed E-state index contributed by atoms with van der Waals surface area (Å²) in [7, 11) is 0. The molecular formula is C14H13N3O3. The molecule has 1 amide bonds. The second-order valence-corrected chi connectivity index (χ2v) is 4.28. The number of hydrogen-bond donors (Lipinski definition) is 2. The molecule has 0 aliphatic heterocycles. The van der Waals surface area contributed by atoms with Crippen molar-refractivity contribution in [3.8, 4) is 0 Å². The van der Waals surface area contributed by atoms with Crippen molar-refractivity contribution in [3.63, 3.8) is 0 Å². The van der Waals surface area contributed by atoms with Gasteiger partial charge in [0, 0.05) is 29.1 Å². The number of carbonyl (C=O) groups is 1. The number of nitrogens with two attached hydrogens (primary N) is 1. The van der Waals surface area contributed by atoms with Crippen LogP contribution >= 0.6 is 0 Å². The van der Waals surface area contributed by atoms with Crippen LogP contribution in [0.3, 0.4) is 0 Å². The molecule has 3 N–H and O–H groups in total. The number of amides is 1. The van der Waals surface area contributed by atoms with Gasteiger partial charge in [-0.3, -0.25) is 14.9 Å². The van der Waals surface area contributed by atoms with Crippen LogP contribution in [0.25, 0.3) is 0 Å². The lowest BCUT2D eigenvalue weighted by atomic mass is 10.1. The molecule has 0 aliphatic rings. The lowest BCUT2D eigenvalue weighted by Crippen LogP contribution is -2.14. The van der Waals surface area contributed by atoms with Crippen LogP contribution in [0.5, 0.6) is 0 Å². The molecule has 0 aromatic heterocycles. The second kappa shape index (κ2) is 5.40. The van der Waals surface area contributed by atoms with E-state index in [4.69, 9.17) is 5.73 Å². The van der Waals surface area contributed by atoms with Crippen LogP contribution in [0, 0.1) is 17.0 Å². The average molecular weight is 271 g/mol. The first kappa shape index (κ1) is 13.5. The van der Waals surface area contributed by atoms with Crippen LogP contribution in [0.15, 0.2) is 42.5 Å². The van der Waals surface area contributed by atoms with Crippen molar-refractivity contribution < 1.29 is 9.72 Å². The van der Waals surface area contributed by atoms with E-state index in [-0.39, 0.29) is 11.6 Å². The Morgan fingerprint density at radius 2 is 1.95 bits per heavy atom. The summed E-state index contributed by atoms with van der Waals surface area (Å²) in [4.78, 5) is 22.3. The number of nitro groups is 1. The Bertz CT molecular complexity index is 683. The van der Waals surface area contributed by atoms with Gasteiger partial charge in [-0.1, -0.05) is 12.1 Å². The van der Waals surface area contributed by atoms with Crippen molar-refractivity contribution in [2.24, 2.45) is 0 Å². The summed E-state index contributed by atoms with van der Waals surface area (Å²) < 4.78 is 0. The van der Waals surface area contributed by atoms with E-state index in [2.05, 4.69) is 5.32 Å². The van der Waals surface area contributed by atoms with Crippen molar-refractivity contribution in [2.45, 2.75) is 6.92 Å². The Kier molecular flexibility index (Phi) is 3.65. The zero-order valence-corrected chi connectivity index (χ0v) is 10.8. The van der Waals surface area contributed by atoms with E-state index in [9.17, 15) is 14.9 Å². The van der Waals surface area contributed by atoms with Gasteiger partial charge in [0.1, 0.15) is 0 Å². The Hall–Kier alpha value is -2.89. The number of nitro benzene ring substituents is 1. The van der Waals surface area contributed by atoms with Gasteiger partial charge in [0.15, 0.2) is 0 Å². The SMILES string of the molecule is Cc1c(N)cccc1C(=O)Nc1cccc([N+](=O)[O-])c1. The first-order chi connectivity index (χ1) is 9.49. The van der Waals surface area contributed by atoms with Gasteiger partial charge in [0.2, 0.25) is 0 Å². The van der Waals surface area contributed by atoms with Crippen LogP contribution in [0.1, 0.15) is 15.9 Å². The number of benzene rings is 2. The number of non-ortho nitro benzene ring substituents is 1. The second-order valence-electron chi connectivity index (χ2n) is 4.28. The van der Waals surface area contributed by atoms with Crippen LogP contribution in [0.4, 0.5) is 17.1 Å². The summed E-state index contributed by atoms with van der Waals surface area (Å²) >= 11 is 0. The van der Waals surface area contributed by atoms with Crippen LogP contribution in [0.2, 0.25) is 0 Å². The molecule has 2 rings (SSSR count). The number of nitrogens with one attached hydrogen (secondary N) is 1. The molecule has 20 heavy (non-hydrogen) atoms. The van der Waals surface area contributed by atoms with Crippen molar-refractivity contribution >= 4 is 23.0 Å². The van der Waals surface area contributed by atoms with E-state index in [1.165, 1.54) is 18.2 Å². The summed E-state index contributed by atoms with van der Waals surface area (Å²) in [5.74, 6) is -0.352. The number of anilines is 2. The molecular weight excluding hydrogens is 258 g/mol. The summed E-state index contributed by atoms with van der Waals surface area (Å²) in [5, 5.41) is 13.3. The van der Waals surface area contributed by atoms with Crippen molar-refractivity contribution in [3.05, 3.63) is 63.7 Å². The average Bonchev–Trinajstić information content (AvgIpc) is 2.42. The van der Waals surface area contributed by atoms with Gasteiger partial charge in [-0.15, -0.1) is 0 Å². The van der Waals surface area contributed by atoms with E-state index in [0.717, 1.165) is 0 Å². The van der Waals surface area contributed by atoms with E-state index in [1.54, 1.807) is 31.2 Å². The highest BCUT2D eigenvalue weighted by Crippen LogP contribution is 2.20. The molecule has 0 fully saturated rings. The Labute approximate surface area is 115 Å². The van der Waals surface area contributed by atoms with Gasteiger partial charge in [-0.05, 0) is 30.7 Å². The van der Waals surface area contributed by atoms with Crippen molar-refractivity contribution in [1.82, 2.24) is 0 Å². The van der Waals surface area contributed by atoms with Gasteiger partial charge in [0.25, 0.3) is 11.6 Å². The fourth-order valence-corrected chi connectivity index (χ4v) is 1.80. The largest absolute Gasteiger partial charge is 0.398 e. The predicted octanol–water partition coefficient (Wildman–Crippen LogP) is 2.74. The fraction of sp³-hybridized carbons (Fsp3) is 0.0714. The molecule has 0 saturated carbocycles. The lowest BCUT2D eigenvalue weighted by molar-refractivity contribution is -0.384. The first-order valence-electron chi connectivity index (χ1n) is 5.90. The van der Waals surface area contributed by atoms with Crippen molar-refractivity contribution in [2.75, 3.05) is 11.1 Å². The number of rotatable bonds is 3. The molecule has 6 heteroatoms. The predicted molar refractivity (Wildman–Crippen MR) is 76.6 cm³/mol. The zero-order chi connectivity index (χ0) is 14.7. The lowest BCUT2D eigenvalue weighted by Gasteiger charge is -2.09. The van der Waals surface area contributed by atoms with Crippen LogP contribution in [-0.4, -0.2) is 10.8 Å². The highest BCUT2D eigenvalue weighted by molar-refractivity contribution is 6.06. The van der Waals surface area contributed by atoms with E-state index in [1.807, 2.05) is 0 Å². The fourth-order valence-electron chi connectivity index (χ4n) is 1.80. The molecule has 0 spiro atoms. The quantitative estimate of drug-likeness (QED) is 0.509. The Morgan fingerprint density at radius 3 is 2.65 bits per heavy atom. The highest BCUT2D eigenvalue weighted by Gasteiger charge is 2.12. The minimum absolute atomic E-state index is 0.0768. The third-order valence-electron chi connectivity index (χ3n) is 2.94. The molecule has 2 aromatic carbocycles. The van der Waals surface area contributed by atoms with Crippen LogP contribution < -0.4 is 11.1 Å². The molecule has 0 radical (unpaired) electrons. The maximum absolute atomic E-state index is 12.1. The number of hydrogen-bond acceptors (Lipinski definition) is 4. The van der Waals surface area contributed by atoms with Gasteiger partial charge in [0.05, 0.1) is 4.92 Å². The Morgan fingerprint density at radius 1 is 1.25 bits per heavy atom. The molecule has 0 bridgehead atoms. The van der Waals surface area contributed by atoms with E-state index >= 15 is 0 Å². The van der Waals surface area contributed by atoms with Gasteiger partial charge in [-0.25, -0.2) is 0 Å². The summed E-state index contributed by atoms with van der Waals surface area (Å²) in [6.07, 6.45) is 0. The van der Waals surface area contributed by atoms with E-state index in [0.29, 0.717) is 22.5 Å². The standard InChI is InChI=1S/C14H13N3O3/c1-9-12(6-3-7-13(9)15)14(18)16-10-4-2-5-11(8-10)17(19)20/h2-8H,15H2,1H3,(H,16,18). The normalized spacial score (nSPS) is 10.1. The molecule has 0 heterocycles. The topological polar surface area (TPSA) is 98.3 Å². The highest BCUT2D eigenvalue weighted by atomic mass is 16.6. The maximum Gasteiger partial charge on any atom is 0.271 e. The molecule has 2 aromatic rings. The minimum atomic E-state index is -0.512. The maximum atomic E-state index is 12.1. The number of nitrogen functional groups attached to an aromatic ring is 1. The van der Waals surface area contributed by atoms with Crippen molar-refractivity contribution in [1.29, 1.82) is 0 Å². The zero-order valence-electron chi connectivity index (χ0n) is 10.8. The minimum Gasteiger partial charge on any atom is -0.398 e. The van der Waals surface area contributed by atoms with Gasteiger partial charge >= 0.3 is 0 Å². The Balaban J connectivity index is 2.26. The third kappa shape index (κ3) is 2.74. The monoisotopic (exact) mass is 271 g/mol. The molecule has 0 saturated heterocycles. The summed E-state index contributed by atoms with van der Waals surface area (Å²) in [6.45, 7) is 1.75. The molecule has 0 unspecified atom stereocenters. The van der Waals surface area contributed by atoms with E-state index < -0.39 is 4.92 Å². The van der Waals surface area contributed by atoms with Crippen LogP contribution in [-0.2, 0) is 0 Å². The smallest absolute Gasteiger partial charge is 0.271 e. The van der Waals surface area contributed by atoms with Gasteiger partial charge in [-0.2, -0.15) is 0 Å². The molecule has 0 atom stereocenters. The number of nitrogens with zero attached hydrogens (tertiary/aromatic N) is 1. The summed E-state index contributed by atoms with van der Waals surface area (Å²) in [6, 6.07) is 10.8. The molecule has 0 aliphatic carbocycles. The number of carbonyl (C=O) groups excluding carboxylic acids is 1. The molecule has 6 nitrogen and oxygen atoms in total. The summed E-state index contributed by atoms with van der Waals surface area (Å²) in [5.41, 5.74) is 7.68. The van der Waals surface area contributed by atoms with Gasteiger partial charge < -0.3 is 11.1 Å².